The normalized spacial score (nSPS) is 16.1. The Balaban J connectivity index is 1.99. The number of amides is 1. The molecule has 0 spiro atoms. The van der Waals surface area contributed by atoms with Crippen LogP contribution in [0.4, 0.5) is 0 Å². The summed E-state index contributed by atoms with van der Waals surface area (Å²) >= 11 is 0. The summed E-state index contributed by atoms with van der Waals surface area (Å²) in [5, 5.41) is 12.3. The van der Waals surface area contributed by atoms with Crippen LogP contribution < -0.4 is 5.32 Å². The zero-order chi connectivity index (χ0) is 16.2. The van der Waals surface area contributed by atoms with E-state index < -0.39 is 11.4 Å². The van der Waals surface area contributed by atoms with Crippen LogP contribution in [-0.4, -0.2) is 23.5 Å². The van der Waals surface area contributed by atoms with Gasteiger partial charge in [0, 0.05) is 6.54 Å². The summed E-state index contributed by atoms with van der Waals surface area (Å²) in [4.78, 5) is 24.0. The van der Waals surface area contributed by atoms with Crippen LogP contribution in [0.5, 0.6) is 0 Å². The molecule has 0 unspecified atom stereocenters. The van der Waals surface area contributed by atoms with Crippen LogP contribution in [0, 0.1) is 10.8 Å². The summed E-state index contributed by atoms with van der Waals surface area (Å²) in [6.07, 6.45) is 3.53. The topological polar surface area (TPSA) is 66.4 Å². The first-order chi connectivity index (χ1) is 10.5. The summed E-state index contributed by atoms with van der Waals surface area (Å²) in [6.45, 7) is 3.94. The Bertz CT molecular complexity index is 531. The lowest BCUT2D eigenvalue weighted by Crippen LogP contribution is -2.45. The van der Waals surface area contributed by atoms with Crippen molar-refractivity contribution in [3.8, 4) is 0 Å². The predicted molar refractivity (Wildman–Crippen MR) is 85.5 cm³/mol. The largest absolute Gasteiger partial charge is 0.481 e. The summed E-state index contributed by atoms with van der Waals surface area (Å²) in [5.41, 5.74) is -0.0170. The number of carboxylic acids is 1. The second-order valence-corrected chi connectivity index (χ2v) is 6.42. The molecule has 22 heavy (non-hydrogen) atoms. The Morgan fingerprint density at radius 2 is 1.77 bits per heavy atom. The van der Waals surface area contributed by atoms with Gasteiger partial charge in [-0.15, -0.1) is 0 Å². The highest BCUT2D eigenvalue weighted by molar-refractivity contribution is 5.86. The van der Waals surface area contributed by atoms with Gasteiger partial charge in [-0.1, -0.05) is 44.2 Å². The van der Waals surface area contributed by atoms with Crippen molar-refractivity contribution in [1.29, 1.82) is 0 Å². The highest BCUT2D eigenvalue weighted by Gasteiger charge is 2.50. The van der Waals surface area contributed by atoms with Gasteiger partial charge in [0.1, 0.15) is 0 Å². The average molecular weight is 303 g/mol. The minimum Gasteiger partial charge on any atom is -0.481 e. The number of hydrogen-bond acceptors (Lipinski definition) is 2. The van der Waals surface area contributed by atoms with Crippen LogP contribution in [0.2, 0.25) is 0 Å². The molecule has 4 heteroatoms. The Kier molecular flexibility index (Phi) is 4.89. The Hall–Kier alpha value is -1.84. The van der Waals surface area contributed by atoms with Crippen LogP contribution in [0.1, 0.15) is 45.1 Å². The zero-order valence-corrected chi connectivity index (χ0v) is 13.4. The fourth-order valence-corrected chi connectivity index (χ4v) is 2.94. The second kappa shape index (κ2) is 6.51. The van der Waals surface area contributed by atoms with Crippen LogP contribution in [0.3, 0.4) is 0 Å². The summed E-state index contributed by atoms with van der Waals surface area (Å²) < 4.78 is 0. The molecule has 1 saturated carbocycles. The first-order valence-corrected chi connectivity index (χ1v) is 8.04. The van der Waals surface area contributed by atoms with Gasteiger partial charge in [-0.2, -0.15) is 0 Å². The fourth-order valence-electron chi connectivity index (χ4n) is 2.94. The van der Waals surface area contributed by atoms with Crippen LogP contribution in [0.15, 0.2) is 30.3 Å². The van der Waals surface area contributed by atoms with Crippen LogP contribution in [-0.2, 0) is 16.0 Å². The van der Waals surface area contributed by atoms with Gasteiger partial charge in [0.05, 0.1) is 10.8 Å². The standard InChI is InChI=1S/C18H25NO3/c1-3-17(4-2,16(21)22)13-19-15(20)18(10-11-18)12-14-8-6-5-7-9-14/h5-9H,3-4,10-13H2,1-2H3,(H,19,20)(H,21,22). The maximum absolute atomic E-state index is 12.5. The van der Waals surface area contributed by atoms with Crippen molar-refractivity contribution in [2.24, 2.45) is 10.8 Å². The van der Waals surface area contributed by atoms with E-state index in [1.165, 1.54) is 0 Å². The van der Waals surface area contributed by atoms with Crippen molar-refractivity contribution in [2.75, 3.05) is 6.54 Å². The number of carbonyl (C=O) groups excluding carboxylic acids is 1. The second-order valence-electron chi connectivity index (χ2n) is 6.42. The molecule has 1 aliphatic rings. The van der Waals surface area contributed by atoms with Gasteiger partial charge in [0.15, 0.2) is 0 Å². The Morgan fingerprint density at radius 1 is 1.18 bits per heavy atom. The van der Waals surface area contributed by atoms with Crippen molar-refractivity contribution < 1.29 is 14.7 Å². The van der Waals surface area contributed by atoms with Crippen molar-refractivity contribution in [1.82, 2.24) is 5.32 Å². The van der Waals surface area contributed by atoms with E-state index in [0.717, 1.165) is 24.8 Å². The maximum Gasteiger partial charge on any atom is 0.311 e. The third kappa shape index (κ3) is 3.32. The lowest BCUT2D eigenvalue weighted by atomic mass is 9.82. The quantitative estimate of drug-likeness (QED) is 0.776. The van der Waals surface area contributed by atoms with Gasteiger partial charge in [-0.3, -0.25) is 9.59 Å². The molecular weight excluding hydrogens is 278 g/mol. The molecular formula is C18H25NO3. The summed E-state index contributed by atoms with van der Waals surface area (Å²) in [7, 11) is 0. The molecule has 1 aromatic carbocycles. The van der Waals surface area contributed by atoms with Crippen LogP contribution >= 0.6 is 0 Å². The minimum absolute atomic E-state index is 0.00359. The summed E-state index contributed by atoms with van der Waals surface area (Å²) in [6, 6.07) is 9.99. The van der Waals surface area contributed by atoms with E-state index in [-0.39, 0.29) is 17.9 Å². The molecule has 2 N–H and O–H groups in total. The fraction of sp³-hybridized carbons (Fsp3) is 0.556. The van der Waals surface area contributed by atoms with Crippen molar-refractivity contribution in [2.45, 2.75) is 46.0 Å². The molecule has 1 amide bonds. The SMILES string of the molecule is CCC(CC)(CNC(=O)C1(Cc2ccccc2)CC1)C(=O)O. The third-order valence-electron chi connectivity index (χ3n) is 5.12. The Labute approximate surface area is 131 Å². The third-order valence-corrected chi connectivity index (χ3v) is 5.12. The number of benzene rings is 1. The van der Waals surface area contributed by atoms with Gasteiger partial charge >= 0.3 is 5.97 Å². The number of carboxylic acid groups (broad SMARTS) is 1. The highest BCUT2D eigenvalue weighted by Crippen LogP contribution is 2.48. The molecule has 0 heterocycles. The molecule has 0 atom stereocenters. The lowest BCUT2D eigenvalue weighted by Gasteiger charge is -2.28. The first kappa shape index (κ1) is 16.5. The van der Waals surface area contributed by atoms with E-state index >= 15 is 0 Å². The molecule has 1 fully saturated rings. The molecule has 0 bridgehead atoms. The molecule has 120 valence electrons. The molecule has 0 saturated heterocycles. The van der Waals surface area contributed by atoms with E-state index in [4.69, 9.17) is 0 Å². The van der Waals surface area contributed by atoms with Gasteiger partial charge < -0.3 is 10.4 Å². The monoisotopic (exact) mass is 303 g/mol. The minimum atomic E-state index is -0.849. The van der Waals surface area contributed by atoms with E-state index in [0.29, 0.717) is 12.8 Å². The Morgan fingerprint density at radius 3 is 2.23 bits per heavy atom. The molecule has 4 nitrogen and oxygen atoms in total. The number of hydrogen-bond donors (Lipinski definition) is 2. The van der Waals surface area contributed by atoms with Crippen molar-refractivity contribution in [3.05, 3.63) is 35.9 Å². The molecule has 0 radical (unpaired) electrons. The highest BCUT2D eigenvalue weighted by atomic mass is 16.4. The smallest absolute Gasteiger partial charge is 0.311 e. The van der Waals surface area contributed by atoms with Gasteiger partial charge in [-0.25, -0.2) is 0 Å². The van der Waals surface area contributed by atoms with E-state index in [1.807, 2.05) is 44.2 Å². The average Bonchev–Trinajstić information content (AvgIpc) is 3.30. The number of rotatable bonds is 8. The van der Waals surface area contributed by atoms with E-state index in [1.54, 1.807) is 0 Å². The number of aliphatic carboxylic acids is 1. The van der Waals surface area contributed by atoms with Crippen LogP contribution in [0.25, 0.3) is 0 Å². The maximum atomic E-state index is 12.5. The summed E-state index contributed by atoms with van der Waals surface area (Å²) in [5.74, 6) is -0.824. The van der Waals surface area contributed by atoms with Crippen molar-refractivity contribution >= 4 is 11.9 Å². The molecule has 0 aliphatic heterocycles. The first-order valence-electron chi connectivity index (χ1n) is 8.04. The van der Waals surface area contributed by atoms with E-state index in [2.05, 4.69) is 5.32 Å². The lowest BCUT2D eigenvalue weighted by molar-refractivity contribution is -0.149. The van der Waals surface area contributed by atoms with Gasteiger partial charge in [-0.05, 0) is 37.7 Å². The molecule has 2 rings (SSSR count). The predicted octanol–water partition coefficient (Wildman–Crippen LogP) is 3.02. The van der Waals surface area contributed by atoms with Gasteiger partial charge in [0.2, 0.25) is 5.91 Å². The van der Waals surface area contributed by atoms with E-state index in [9.17, 15) is 14.7 Å². The van der Waals surface area contributed by atoms with Crippen molar-refractivity contribution in [3.63, 3.8) is 0 Å². The molecule has 1 aromatic rings. The zero-order valence-electron chi connectivity index (χ0n) is 13.4. The number of carbonyl (C=O) groups is 2. The number of nitrogens with one attached hydrogen (secondary N) is 1. The molecule has 1 aliphatic carbocycles. The molecule has 0 aromatic heterocycles. The van der Waals surface area contributed by atoms with Gasteiger partial charge in [0.25, 0.3) is 0 Å².